The van der Waals surface area contributed by atoms with E-state index in [0.717, 1.165) is 5.56 Å². The van der Waals surface area contributed by atoms with Gasteiger partial charge in [0.25, 0.3) is 0 Å². The summed E-state index contributed by atoms with van der Waals surface area (Å²) in [4.78, 5) is 15.5. The van der Waals surface area contributed by atoms with Crippen LogP contribution in [0.5, 0.6) is 5.75 Å². The minimum atomic E-state index is -1.25. The number of rotatable bonds is 10. The van der Waals surface area contributed by atoms with Gasteiger partial charge in [-0.1, -0.05) is 0 Å². The molecule has 8 nitrogen and oxygen atoms in total. The Morgan fingerprint density at radius 1 is 1.24 bits per heavy atom. The van der Waals surface area contributed by atoms with Crippen molar-refractivity contribution >= 4 is 12.2 Å². The summed E-state index contributed by atoms with van der Waals surface area (Å²) in [5.41, 5.74) is 0.745. The number of carbonyl (C=O) groups excluding carboxylic acids is 1. The molecule has 1 aromatic rings. The van der Waals surface area contributed by atoms with E-state index >= 15 is 0 Å². The molecule has 0 aliphatic carbocycles. The first-order chi connectivity index (χ1) is 11.9. The number of aliphatic imine (C=N–C) groups is 1. The van der Waals surface area contributed by atoms with E-state index in [9.17, 15) is 20.1 Å². The Morgan fingerprint density at radius 3 is 2.32 bits per heavy atom. The van der Waals surface area contributed by atoms with E-state index in [2.05, 4.69) is 4.99 Å². The van der Waals surface area contributed by atoms with Crippen LogP contribution >= 0.6 is 0 Å². The number of ether oxygens (including phenoxy) is 3. The molecule has 1 unspecified atom stereocenters. The number of esters is 1. The standard InChI is InChI=1S/C17H25NO7/c1-11(21)16(10-20)25-17(24-12(2)22)15(9-19)18-8-13-4-6-14(23-3)7-5-13/h4-8,11,15-17,19-21H,9-10H2,1-3H3/t11-,15-,16?,17+/m0/s1. The maximum atomic E-state index is 11.3. The lowest BCUT2D eigenvalue weighted by Gasteiger charge is -2.28. The van der Waals surface area contributed by atoms with E-state index in [1.54, 1.807) is 31.4 Å². The molecule has 1 aromatic carbocycles. The molecular weight excluding hydrogens is 330 g/mol. The summed E-state index contributed by atoms with van der Waals surface area (Å²) in [5, 5.41) is 28.4. The first-order valence-corrected chi connectivity index (χ1v) is 7.81. The van der Waals surface area contributed by atoms with Crippen LogP contribution in [0.1, 0.15) is 19.4 Å². The van der Waals surface area contributed by atoms with Crippen LogP contribution in [0.2, 0.25) is 0 Å². The minimum absolute atomic E-state index is 0.456. The zero-order chi connectivity index (χ0) is 18.8. The zero-order valence-corrected chi connectivity index (χ0v) is 14.5. The zero-order valence-electron chi connectivity index (χ0n) is 14.5. The van der Waals surface area contributed by atoms with Gasteiger partial charge in [-0.05, 0) is 36.8 Å². The summed E-state index contributed by atoms with van der Waals surface area (Å²) < 4.78 is 15.5. The van der Waals surface area contributed by atoms with Gasteiger partial charge in [-0.2, -0.15) is 0 Å². The Labute approximate surface area is 146 Å². The summed E-state index contributed by atoms with van der Waals surface area (Å²) in [7, 11) is 1.56. The summed E-state index contributed by atoms with van der Waals surface area (Å²) >= 11 is 0. The van der Waals surface area contributed by atoms with Gasteiger partial charge in [0.05, 0.1) is 26.4 Å². The van der Waals surface area contributed by atoms with Crippen LogP contribution in [0, 0.1) is 0 Å². The Hall–Kier alpha value is -2.00. The topological polar surface area (TPSA) is 118 Å². The van der Waals surface area contributed by atoms with E-state index in [1.165, 1.54) is 20.1 Å². The highest BCUT2D eigenvalue weighted by molar-refractivity contribution is 5.80. The summed E-state index contributed by atoms with van der Waals surface area (Å²) in [5.74, 6) is 0.0603. The molecule has 0 amide bonds. The third kappa shape index (κ3) is 7.18. The molecule has 4 atom stereocenters. The molecule has 0 bridgehead atoms. The van der Waals surface area contributed by atoms with Crippen LogP contribution in [0.3, 0.4) is 0 Å². The van der Waals surface area contributed by atoms with Crippen molar-refractivity contribution < 1.29 is 34.3 Å². The number of aliphatic hydroxyl groups excluding tert-OH is 3. The van der Waals surface area contributed by atoms with Crippen LogP contribution in [0.4, 0.5) is 0 Å². The Balaban J connectivity index is 2.90. The van der Waals surface area contributed by atoms with Crippen molar-refractivity contribution in [3.63, 3.8) is 0 Å². The number of aliphatic hydroxyl groups is 3. The average molecular weight is 355 g/mol. The highest BCUT2D eigenvalue weighted by Gasteiger charge is 2.29. The molecule has 140 valence electrons. The number of carbonyl (C=O) groups is 1. The Bertz CT molecular complexity index is 544. The van der Waals surface area contributed by atoms with E-state index in [1.807, 2.05) is 0 Å². The SMILES string of the molecule is COc1ccc(C=N[C@@H](CO)[C@H](OC(C)=O)OC(CO)[C@H](C)O)cc1. The predicted octanol–water partition coefficient (Wildman–Crippen LogP) is 0.122. The molecule has 0 aliphatic heterocycles. The smallest absolute Gasteiger partial charge is 0.305 e. The van der Waals surface area contributed by atoms with Crippen molar-refractivity contribution in [1.82, 2.24) is 0 Å². The van der Waals surface area contributed by atoms with Gasteiger partial charge in [0, 0.05) is 13.1 Å². The van der Waals surface area contributed by atoms with Crippen LogP contribution in [0.25, 0.3) is 0 Å². The third-order valence-electron chi connectivity index (χ3n) is 3.34. The fourth-order valence-corrected chi connectivity index (χ4v) is 1.92. The molecule has 0 aliphatic rings. The van der Waals surface area contributed by atoms with Gasteiger partial charge in [-0.15, -0.1) is 0 Å². The first kappa shape index (κ1) is 21.0. The van der Waals surface area contributed by atoms with Crippen LogP contribution in [0.15, 0.2) is 29.3 Å². The molecule has 0 saturated carbocycles. The van der Waals surface area contributed by atoms with Crippen LogP contribution in [-0.4, -0.2) is 72.4 Å². The molecule has 0 heterocycles. The van der Waals surface area contributed by atoms with E-state index in [-0.39, 0.29) is 0 Å². The van der Waals surface area contributed by atoms with Crippen molar-refractivity contribution in [3.8, 4) is 5.75 Å². The molecule has 0 saturated heterocycles. The van der Waals surface area contributed by atoms with Crippen LogP contribution in [-0.2, 0) is 14.3 Å². The number of hydrogen-bond acceptors (Lipinski definition) is 8. The number of hydrogen-bond donors (Lipinski definition) is 3. The second-order valence-electron chi connectivity index (χ2n) is 5.38. The molecule has 0 spiro atoms. The lowest BCUT2D eigenvalue weighted by atomic mass is 10.2. The monoisotopic (exact) mass is 355 g/mol. The average Bonchev–Trinajstić information content (AvgIpc) is 2.59. The van der Waals surface area contributed by atoms with Gasteiger partial charge >= 0.3 is 5.97 Å². The Kier molecular flexibility index (Phi) is 9.07. The molecule has 3 N–H and O–H groups in total. The van der Waals surface area contributed by atoms with Gasteiger partial charge in [-0.3, -0.25) is 9.79 Å². The van der Waals surface area contributed by atoms with Crippen molar-refractivity contribution in [2.24, 2.45) is 4.99 Å². The highest BCUT2D eigenvalue weighted by Crippen LogP contribution is 2.13. The largest absolute Gasteiger partial charge is 0.497 e. The van der Waals surface area contributed by atoms with Gasteiger partial charge in [-0.25, -0.2) is 0 Å². The van der Waals surface area contributed by atoms with E-state index < -0.39 is 43.7 Å². The third-order valence-corrected chi connectivity index (χ3v) is 3.34. The van der Waals surface area contributed by atoms with Crippen molar-refractivity contribution in [3.05, 3.63) is 29.8 Å². The minimum Gasteiger partial charge on any atom is -0.497 e. The number of nitrogens with zero attached hydrogens (tertiary/aromatic N) is 1. The lowest BCUT2D eigenvalue weighted by Crippen LogP contribution is -2.42. The number of methoxy groups -OCH3 is 1. The second-order valence-corrected chi connectivity index (χ2v) is 5.38. The second kappa shape index (κ2) is 10.8. The predicted molar refractivity (Wildman–Crippen MR) is 90.7 cm³/mol. The molecule has 0 radical (unpaired) electrons. The lowest BCUT2D eigenvalue weighted by molar-refractivity contribution is -0.211. The van der Waals surface area contributed by atoms with Gasteiger partial charge < -0.3 is 29.5 Å². The van der Waals surface area contributed by atoms with E-state index in [4.69, 9.17) is 14.2 Å². The van der Waals surface area contributed by atoms with Crippen molar-refractivity contribution in [2.45, 2.75) is 38.4 Å². The molecule has 25 heavy (non-hydrogen) atoms. The first-order valence-electron chi connectivity index (χ1n) is 7.81. The van der Waals surface area contributed by atoms with Gasteiger partial charge in [0.15, 0.2) is 0 Å². The maximum absolute atomic E-state index is 11.3. The molecule has 0 fully saturated rings. The fraction of sp³-hybridized carbons (Fsp3) is 0.529. The maximum Gasteiger partial charge on any atom is 0.305 e. The van der Waals surface area contributed by atoms with Crippen LogP contribution < -0.4 is 4.74 Å². The summed E-state index contributed by atoms with van der Waals surface area (Å²) in [6, 6.07) is 6.13. The molecule has 0 aromatic heterocycles. The molecule has 8 heteroatoms. The van der Waals surface area contributed by atoms with Crippen molar-refractivity contribution in [2.75, 3.05) is 20.3 Å². The van der Waals surface area contributed by atoms with Crippen molar-refractivity contribution in [1.29, 1.82) is 0 Å². The summed E-state index contributed by atoms with van der Waals surface area (Å²) in [6.45, 7) is 1.69. The number of benzene rings is 1. The highest BCUT2D eigenvalue weighted by atomic mass is 16.7. The van der Waals surface area contributed by atoms with E-state index in [0.29, 0.717) is 5.75 Å². The quantitative estimate of drug-likeness (QED) is 0.310. The van der Waals surface area contributed by atoms with Gasteiger partial charge in [0.1, 0.15) is 17.9 Å². The normalized spacial score (nSPS) is 16.2. The fourth-order valence-electron chi connectivity index (χ4n) is 1.92. The molecule has 1 rings (SSSR count). The molecular formula is C17H25NO7. The van der Waals surface area contributed by atoms with Gasteiger partial charge in [0.2, 0.25) is 6.29 Å². The summed E-state index contributed by atoms with van der Waals surface area (Å²) in [6.07, 6.45) is -1.72. The Morgan fingerprint density at radius 2 is 1.88 bits per heavy atom.